The number of nitrogens with one attached hydrogen (secondary N) is 1. The molecule has 132 valence electrons. The van der Waals surface area contributed by atoms with Crippen LogP contribution in [-0.4, -0.2) is 23.0 Å². The summed E-state index contributed by atoms with van der Waals surface area (Å²) in [6.07, 6.45) is -4.42. The van der Waals surface area contributed by atoms with E-state index in [1.165, 1.54) is 25.3 Å². The van der Waals surface area contributed by atoms with E-state index in [1.54, 1.807) is 0 Å². The van der Waals surface area contributed by atoms with Gasteiger partial charge in [-0.05, 0) is 43.3 Å². The standard InChI is InChI=1S/C16H12ClF3N2O3/c1-9(25-15(24)10-2-7-13(17)21-8-10)14(23)22-12-5-3-11(4-6-12)16(18,19)20/h2-9H,1H3,(H,22,23). The molecule has 0 spiro atoms. The van der Waals surface area contributed by atoms with Crippen LogP contribution in [0.25, 0.3) is 0 Å². The van der Waals surface area contributed by atoms with Gasteiger partial charge in [0, 0.05) is 11.9 Å². The maximum Gasteiger partial charge on any atom is 0.416 e. The SMILES string of the molecule is CC(OC(=O)c1ccc(Cl)nc1)C(=O)Nc1ccc(C(F)(F)F)cc1. The molecule has 1 aromatic heterocycles. The predicted octanol–water partition coefficient (Wildman–Crippen LogP) is 3.94. The molecule has 0 saturated heterocycles. The van der Waals surface area contributed by atoms with Gasteiger partial charge in [0.05, 0.1) is 11.1 Å². The monoisotopic (exact) mass is 372 g/mol. The maximum absolute atomic E-state index is 12.5. The first-order valence-electron chi connectivity index (χ1n) is 6.97. The zero-order valence-electron chi connectivity index (χ0n) is 12.8. The molecule has 1 heterocycles. The van der Waals surface area contributed by atoms with Crippen LogP contribution in [0, 0.1) is 0 Å². The van der Waals surface area contributed by atoms with Gasteiger partial charge in [-0.25, -0.2) is 9.78 Å². The molecule has 0 saturated carbocycles. The van der Waals surface area contributed by atoms with Crippen LogP contribution < -0.4 is 5.32 Å². The van der Waals surface area contributed by atoms with Gasteiger partial charge < -0.3 is 10.1 Å². The van der Waals surface area contributed by atoms with Crippen LogP contribution in [0.15, 0.2) is 42.6 Å². The van der Waals surface area contributed by atoms with Crippen LogP contribution in [0.5, 0.6) is 0 Å². The molecule has 0 aliphatic heterocycles. The Morgan fingerprint density at radius 3 is 2.32 bits per heavy atom. The first-order chi connectivity index (χ1) is 11.7. The van der Waals surface area contributed by atoms with E-state index in [0.29, 0.717) is 0 Å². The molecule has 0 bridgehead atoms. The lowest BCUT2D eigenvalue weighted by Gasteiger charge is -2.14. The van der Waals surface area contributed by atoms with Crippen molar-refractivity contribution in [2.24, 2.45) is 0 Å². The van der Waals surface area contributed by atoms with Gasteiger partial charge in [0.15, 0.2) is 6.10 Å². The fourth-order valence-electron chi connectivity index (χ4n) is 1.77. The number of ether oxygens (including phenoxy) is 1. The third-order valence-electron chi connectivity index (χ3n) is 3.10. The Kier molecular flexibility index (Phi) is 5.63. The zero-order valence-corrected chi connectivity index (χ0v) is 13.6. The summed E-state index contributed by atoms with van der Waals surface area (Å²) < 4.78 is 42.4. The van der Waals surface area contributed by atoms with Gasteiger partial charge in [-0.2, -0.15) is 13.2 Å². The van der Waals surface area contributed by atoms with E-state index in [2.05, 4.69) is 10.3 Å². The number of alkyl halides is 3. The van der Waals surface area contributed by atoms with E-state index in [4.69, 9.17) is 16.3 Å². The number of aromatic nitrogens is 1. The first-order valence-corrected chi connectivity index (χ1v) is 7.35. The highest BCUT2D eigenvalue weighted by Gasteiger charge is 2.30. The molecule has 0 fully saturated rings. The third kappa shape index (κ3) is 5.18. The van der Waals surface area contributed by atoms with Crippen LogP contribution in [0.3, 0.4) is 0 Å². The van der Waals surface area contributed by atoms with Gasteiger partial charge in [-0.15, -0.1) is 0 Å². The van der Waals surface area contributed by atoms with Crippen molar-refractivity contribution in [2.75, 3.05) is 5.32 Å². The minimum Gasteiger partial charge on any atom is -0.449 e. The summed E-state index contributed by atoms with van der Waals surface area (Å²) in [6, 6.07) is 6.68. The lowest BCUT2D eigenvalue weighted by Crippen LogP contribution is -2.30. The largest absolute Gasteiger partial charge is 0.449 e. The molecule has 2 aromatic rings. The predicted molar refractivity (Wildman–Crippen MR) is 84.2 cm³/mol. The average molecular weight is 373 g/mol. The fourth-order valence-corrected chi connectivity index (χ4v) is 1.88. The number of hydrogen-bond acceptors (Lipinski definition) is 4. The summed E-state index contributed by atoms with van der Waals surface area (Å²) in [5.41, 5.74) is -0.576. The van der Waals surface area contributed by atoms with Crippen molar-refractivity contribution in [3.05, 3.63) is 58.9 Å². The van der Waals surface area contributed by atoms with Gasteiger partial charge >= 0.3 is 12.1 Å². The van der Waals surface area contributed by atoms with Gasteiger partial charge in [-0.1, -0.05) is 11.6 Å². The number of rotatable bonds is 4. The Labute approximate surface area is 145 Å². The summed E-state index contributed by atoms with van der Waals surface area (Å²) in [7, 11) is 0. The lowest BCUT2D eigenvalue weighted by atomic mass is 10.2. The van der Waals surface area contributed by atoms with Crippen molar-refractivity contribution in [3.63, 3.8) is 0 Å². The highest BCUT2D eigenvalue weighted by molar-refractivity contribution is 6.29. The molecule has 25 heavy (non-hydrogen) atoms. The fraction of sp³-hybridized carbons (Fsp3) is 0.188. The average Bonchev–Trinajstić information content (AvgIpc) is 2.55. The van der Waals surface area contributed by atoms with Crippen molar-refractivity contribution < 1.29 is 27.5 Å². The van der Waals surface area contributed by atoms with Crippen LogP contribution in [-0.2, 0) is 15.7 Å². The number of esters is 1. The molecule has 0 aliphatic rings. The number of pyridine rings is 1. The molecular formula is C16H12ClF3N2O3. The van der Waals surface area contributed by atoms with E-state index < -0.39 is 29.7 Å². The number of halogens is 4. The van der Waals surface area contributed by atoms with E-state index in [9.17, 15) is 22.8 Å². The summed E-state index contributed by atoms with van der Waals surface area (Å²) in [6.45, 7) is 1.33. The molecule has 1 amide bonds. The van der Waals surface area contributed by atoms with Crippen molar-refractivity contribution >= 4 is 29.2 Å². The third-order valence-corrected chi connectivity index (χ3v) is 3.32. The van der Waals surface area contributed by atoms with E-state index >= 15 is 0 Å². The molecule has 5 nitrogen and oxygen atoms in total. The molecule has 1 aromatic carbocycles. The second-order valence-electron chi connectivity index (χ2n) is 4.98. The van der Waals surface area contributed by atoms with Gasteiger partial charge in [0.1, 0.15) is 5.15 Å². The zero-order chi connectivity index (χ0) is 18.6. The van der Waals surface area contributed by atoms with E-state index in [1.807, 2.05) is 0 Å². The molecule has 2 rings (SSSR count). The molecule has 0 radical (unpaired) electrons. The normalized spacial score (nSPS) is 12.4. The number of hydrogen-bond donors (Lipinski definition) is 1. The van der Waals surface area contributed by atoms with Crippen molar-refractivity contribution in [3.8, 4) is 0 Å². The highest BCUT2D eigenvalue weighted by atomic mass is 35.5. The second kappa shape index (κ2) is 7.52. The van der Waals surface area contributed by atoms with E-state index in [-0.39, 0.29) is 16.4 Å². The van der Waals surface area contributed by atoms with Gasteiger partial charge in [0.2, 0.25) is 0 Å². The van der Waals surface area contributed by atoms with Crippen LogP contribution in [0.4, 0.5) is 18.9 Å². The van der Waals surface area contributed by atoms with Crippen molar-refractivity contribution in [2.45, 2.75) is 19.2 Å². The van der Waals surface area contributed by atoms with Gasteiger partial charge in [-0.3, -0.25) is 4.79 Å². The van der Waals surface area contributed by atoms with Crippen LogP contribution >= 0.6 is 11.6 Å². The smallest absolute Gasteiger partial charge is 0.416 e. The molecule has 0 aliphatic carbocycles. The molecule has 1 N–H and O–H groups in total. The summed E-state index contributed by atoms with van der Waals surface area (Å²) in [5, 5.41) is 2.56. The molecule has 9 heteroatoms. The molecule has 1 atom stereocenters. The van der Waals surface area contributed by atoms with Crippen molar-refractivity contribution in [1.82, 2.24) is 4.98 Å². The van der Waals surface area contributed by atoms with Gasteiger partial charge in [0.25, 0.3) is 5.91 Å². The highest BCUT2D eigenvalue weighted by Crippen LogP contribution is 2.29. The number of nitrogens with zero attached hydrogens (tertiary/aromatic N) is 1. The number of carbonyl (C=O) groups is 2. The summed E-state index contributed by atoms with van der Waals surface area (Å²) in [5.74, 6) is -1.46. The quantitative estimate of drug-likeness (QED) is 0.652. The minimum absolute atomic E-state index is 0.110. The summed E-state index contributed by atoms with van der Waals surface area (Å²) in [4.78, 5) is 27.6. The van der Waals surface area contributed by atoms with Crippen molar-refractivity contribution in [1.29, 1.82) is 0 Å². The maximum atomic E-state index is 12.5. The summed E-state index contributed by atoms with van der Waals surface area (Å²) >= 11 is 5.60. The lowest BCUT2D eigenvalue weighted by molar-refractivity contribution is -0.137. The number of anilines is 1. The first kappa shape index (κ1) is 18.7. The molecule has 1 unspecified atom stereocenters. The molecular weight excluding hydrogens is 361 g/mol. The Balaban J connectivity index is 1.95. The number of amides is 1. The van der Waals surface area contributed by atoms with E-state index in [0.717, 1.165) is 24.3 Å². The second-order valence-corrected chi connectivity index (χ2v) is 5.37. The minimum atomic E-state index is -4.46. The topological polar surface area (TPSA) is 68.3 Å². The Morgan fingerprint density at radius 1 is 1.16 bits per heavy atom. The Bertz CT molecular complexity index is 762. The van der Waals surface area contributed by atoms with Crippen LogP contribution in [0.1, 0.15) is 22.8 Å². The Hall–Kier alpha value is -2.61. The number of benzene rings is 1. The Morgan fingerprint density at radius 2 is 1.80 bits per heavy atom. The van der Waals surface area contributed by atoms with Crippen LogP contribution in [0.2, 0.25) is 5.15 Å². The number of carbonyl (C=O) groups excluding carboxylic acids is 2.